The number of hydrogen-bond donors (Lipinski definition) is 1. The van der Waals surface area contributed by atoms with Crippen molar-refractivity contribution in [2.75, 3.05) is 10.8 Å². The first kappa shape index (κ1) is 15.9. The summed E-state index contributed by atoms with van der Waals surface area (Å²) in [5, 5.41) is 13.6. The highest BCUT2D eigenvalue weighted by Crippen LogP contribution is 2.42. The Bertz CT molecular complexity index is 1030. The molecule has 2 aliphatic rings. The van der Waals surface area contributed by atoms with Crippen LogP contribution >= 0.6 is 0 Å². The molecule has 1 aliphatic carbocycles. The van der Waals surface area contributed by atoms with Gasteiger partial charge in [-0.1, -0.05) is 24.3 Å². The smallest absolute Gasteiger partial charge is 0.265 e. The van der Waals surface area contributed by atoms with E-state index in [1.54, 1.807) is 31.2 Å². The van der Waals surface area contributed by atoms with Gasteiger partial charge in [-0.05, 0) is 43.2 Å². The number of sulfonamides is 1. The molecule has 0 radical (unpaired) electrons. The molecule has 1 saturated carbocycles. The summed E-state index contributed by atoms with van der Waals surface area (Å²) in [5.74, 6) is -0.332. The van der Waals surface area contributed by atoms with Gasteiger partial charge in [0.2, 0.25) is 5.91 Å². The normalized spacial score (nSPS) is 20.1. The van der Waals surface area contributed by atoms with Gasteiger partial charge in [0.25, 0.3) is 10.0 Å². The fourth-order valence-corrected chi connectivity index (χ4v) is 5.14. The average Bonchev–Trinajstić information content (AvgIpc) is 3.41. The van der Waals surface area contributed by atoms with Crippen molar-refractivity contribution < 1.29 is 13.2 Å². The molecule has 1 heterocycles. The molecule has 1 N–H and O–H groups in total. The first-order chi connectivity index (χ1) is 11.9. The van der Waals surface area contributed by atoms with E-state index in [4.69, 9.17) is 0 Å². The minimum Gasteiger partial charge on any atom is -0.336 e. The van der Waals surface area contributed by atoms with Crippen LogP contribution in [0.1, 0.15) is 19.8 Å². The Morgan fingerprint density at radius 3 is 2.64 bits per heavy atom. The predicted octanol–water partition coefficient (Wildman–Crippen LogP) is 2.16. The van der Waals surface area contributed by atoms with Gasteiger partial charge >= 0.3 is 0 Å². The minimum atomic E-state index is -3.77. The van der Waals surface area contributed by atoms with Crippen molar-refractivity contribution in [2.45, 2.75) is 30.2 Å². The lowest BCUT2D eigenvalue weighted by Gasteiger charge is -2.25. The van der Waals surface area contributed by atoms with Crippen LogP contribution in [0.15, 0.2) is 41.3 Å². The van der Waals surface area contributed by atoms with Crippen LogP contribution in [0.5, 0.6) is 0 Å². The molecule has 6 nitrogen and oxygen atoms in total. The van der Waals surface area contributed by atoms with E-state index in [0.717, 1.165) is 22.5 Å². The van der Waals surface area contributed by atoms with Gasteiger partial charge < -0.3 is 5.32 Å². The number of anilines is 1. The van der Waals surface area contributed by atoms with Gasteiger partial charge in [-0.2, -0.15) is 5.26 Å². The van der Waals surface area contributed by atoms with Crippen molar-refractivity contribution in [2.24, 2.45) is 5.92 Å². The fourth-order valence-electron chi connectivity index (χ4n) is 3.47. The van der Waals surface area contributed by atoms with E-state index in [9.17, 15) is 18.5 Å². The van der Waals surface area contributed by atoms with Gasteiger partial charge in [0, 0.05) is 5.39 Å². The lowest BCUT2D eigenvalue weighted by atomic mass is 9.98. The summed E-state index contributed by atoms with van der Waals surface area (Å²) in [6, 6.07) is 12.6. The van der Waals surface area contributed by atoms with Gasteiger partial charge in [0.1, 0.15) is 12.1 Å². The van der Waals surface area contributed by atoms with Crippen LogP contribution < -0.4 is 9.62 Å². The lowest BCUT2D eigenvalue weighted by molar-refractivity contribution is -0.121. The molecule has 128 valence electrons. The zero-order chi connectivity index (χ0) is 17.8. The number of carbonyl (C=O) groups is 1. The molecule has 1 fully saturated rings. The topological polar surface area (TPSA) is 90.3 Å². The Hall–Kier alpha value is -2.59. The molecule has 0 saturated heterocycles. The average molecular weight is 355 g/mol. The van der Waals surface area contributed by atoms with Crippen LogP contribution in [0.25, 0.3) is 10.8 Å². The van der Waals surface area contributed by atoms with E-state index in [-0.39, 0.29) is 17.4 Å². The van der Waals surface area contributed by atoms with Gasteiger partial charge in [-0.25, -0.2) is 8.42 Å². The van der Waals surface area contributed by atoms with Gasteiger partial charge in [0.15, 0.2) is 0 Å². The van der Waals surface area contributed by atoms with Gasteiger partial charge in [-0.3, -0.25) is 9.10 Å². The van der Waals surface area contributed by atoms with Crippen LogP contribution in [0.4, 0.5) is 5.69 Å². The molecule has 1 aliphatic heterocycles. The summed E-state index contributed by atoms with van der Waals surface area (Å²) in [6.07, 6.45) is 1.80. The zero-order valence-corrected chi connectivity index (χ0v) is 14.5. The molecular formula is C18H17N3O3S. The third-order valence-corrected chi connectivity index (χ3v) is 6.80. The Labute approximate surface area is 146 Å². The second-order valence-electron chi connectivity index (χ2n) is 6.78. The molecule has 2 aromatic carbocycles. The molecule has 1 atom stereocenters. The predicted molar refractivity (Wildman–Crippen MR) is 93.4 cm³/mol. The Balaban J connectivity index is 1.67. The summed E-state index contributed by atoms with van der Waals surface area (Å²) in [7, 11) is -3.77. The number of carbonyl (C=O) groups excluding carboxylic acids is 1. The fraction of sp³-hybridized carbons (Fsp3) is 0.333. The third kappa shape index (κ3) is 2.36. The third-order valence-electron chi connectivity index (χ3n) is 4.99. The maximum atomic E-state index is 12.9. The minimum absolute atomic E-state index is 0.136. The van der Waals surface area contributed by atoms with Crippen LogP contribution in [-0.2, 0) is 14.8 Å². The van der Waals surface area contributed by atoms with E-state index >= 15 is 0 Å². The molecule has 0 aromatic heterocycles. The quantitative estimate of drug-likeness (QED) is 0.910. The van der Waals surface area contributed by atoms with Crippen molar-refractivity contribution in [3.8, 4) is 6.07 Å². The number of rotatable bonds is 4. The monoisotopic (exact) mass is 355 g/mol. The zero-order valence-electron chi connectivity index (χ0n) is 13.7. The van der Waals surface area contributed by atoms with E-state index in [1.165, 1.54) is 0 Å². The first-order valence-electron chi connectivity index (χ1n) is 8.13. The van der Waals surface area contributed by atoms with Crippen molar-refractivity contribution in [1.29, 1.82) is 5.26 Å². The molecule has 4 rings (SSSR count). The van der Waals surface area contributed by atoms with Crippen molar-refractivity contribution in [3.05, 3.63) is 36.4 Å². The van der Waals surface area contributed by atoms with Crippen molar-refractivity contribution >= 4 is 32.4 Å². The maximum absolute atomic E-state index is 12.9. The number of benzene rings is 2. The van der Waals surface area contributed by atoms with Crippen LogP contribution in [0.3, 0.4) is 0 Å². The summed E-state index contributed by atoms with van der Waals surface area (Å²) >= 11 is 0. The van der Waals surface area contributed by atoms with Gasteiger partial charge in [-0.15, -0.1) is 0 Å². The number of nitriles is 1. The molecule has 0 bridgehead atoms. The lowest BCUT2D eigenvalue weighted by Crippen LogP contribution is -2.50. The van der Waals surface area contributed by atoms with E-state index < -0.39 is 21.5 Å². The van der Waals surface area contributed by atoms with Gasteiger partial charge in [0.05, 0.1) is 16.7 Å². The molecule has 0 spiro atoms. The molecular weight excluding hydrogens is 338 g/mol. The van der Waals surface area contributed by atoms with Crippen molar-refractivity contribution in [1.82, 2.24) is 5.32 Å². The number of amides is 1. The van der Waals surface area contributed by atoms with E-state index in [1.807, 2.05) is 12.1 Å². The van der Waals surface area contributed by atoms with Crippen LogP contribution in [-0.4, -0.2) is 26.4 Å². The standard InChI is InChI=1S/C18H17N3O3S/c1-18(11-19,13-8-9-13)20-16(22)10-21-14-6-2-4-12-5-3-7-15(17(12)14)25(21,23)24/h2-7,13H,8-10H2,1H3,(H,20,22)/t18-/m0/s1. The molecule has 1 amide bonds. The molecule has 7 heteroatoms. The highest BCUT2D eigenvalue weighted by atomic mass is 32.2. The number of nitrogens with one attached hydrogen (secondary N) is 1. The maximum Gasteiger partial charge on any atom is 0.265 e. The van der Waals surface area contributed by atoms with E-state index in [2.05, 4.69) is 11.4 Å². The second kappa shape index (κ2) is 5.20. The largest absolute Gasteiger partial charge is 0.336 e. The first-order valence-corrected chi connectivity index (χ1v) is 9.57. The highest BCUT2D eigenvalue weighted by Gasteiger charge is 2.44. The Kier molecular flexibility index (Phi) is 3.31. The highest BCUT2D eigenvalue weighted by molar-refractivity contribution is 7.93. The number of nitrogens with zero attached hydrogens (tertiary/aromatic N) is 2. The summed E-state index contributed by atoms with van der Waals surface area (Å²) < 4.78 is 26.9. The summed E-state index contributed by atoms with van der Waals surface area (Å²) in [6.45, 7) is 1.36. The number of hydrogen-bond acceptors (Lipinski definition) is 4. The van der Waals surface area contributed by atoms with Crippen LogP contribution in [0, 0.1) is 17.2 Å². The second-order valence-corrected chi connectivity index (χ2v) is 8.61. The summed E-state index contributed by atoms with van der Waals surface area (Å²) in [5.41, 5.74) is -0.437. The molecule has 0 unspecified atom stereocenters. The van der Waals surface area contributed by atoms with Crippen molar-refractivity contribution in [3.63, 3.8) is 0 Å². The Morgan fingerprint density at radius 1 is 1.32 bits per heavy atom. The van der Waals surface area contributed by atoms with Crippen LogP contribution in [0.2, 0.25) is 0 Å². The SMILES string of the molecule is C[C@@](C#N)(NC(=O)CN1c2cccc3cccc(c23)S1(=O)=O)C1CC1. The Morgan fingerprint density at radius 2 is 2.00 bits per heavy atom. The molecule has 2 aromatic rings. The summed E-state index contributed by atoms with van der Waals surface area (Å²) in [4.78, 5) is 12.7. The van der Waals surface area contributed by atoms with E-state index in [0.29, 0.717) is 11.1 Å². The molecule has 25 heavy (non-hydrogen) atoms.